The molecule has 29 heavy (non-hydrogen) atoms. The molecule has 0 spiro atoms. The summed E-state index contributed by atoms with van der Waals surface area (Å²) in [5, 5.41) is 19.4. The molecule has 0 aliphatic carbocycles. The molecule has 2 aromatic heterocycles. The summed E-state index contributed by atoms with van der Waals surface area (Å²) < 4.78 is 1.99. The molecule has 0 unspecified atom stereocenters. The Kier molecular flexibility index (Phi) is 4.55. The number of benzene rings is 2. The number of aromatic nitrogens is 3. The number of pyridine rings is 1. The second kappa shape index (κ2) is 6.82. The second-order valence-corrected chi connectivity index (χ2v) is 8.77. The SMILES string of the molecule is Cc1ccc(-c2ccc(C(C)(C)c3nnc4c(C(C)(C)O)cccn34)cc2)cc1. The standard InChI is InChI=1S/C25H27N3O/c1-17-8-10-18(11-9-17)19-12-14-20(15-13-19)24(2,3)23-27-26-22-21(25(4,5)29)7-6-16-28(22)23/h6-16,29H,1-5H3. The first-order valence-corrected chi connectivity index (χ1v) is 9.92. The molecule has 4 rings (SSSR count). The highest BCUT2D eigenvalue weighted by Gasteiger charge is 2.30. The van der Waals surface area contributed by atoms with Crippen LogP contribution in [0.3, 0.4) is 0 Å². The molecule has 2 aromatic carbocycles. The lowest BCUT2D eigenvalue weighted by atomic mass is 9.83. The molecule has 2 heterocycles. The molecule has 0 fully saturated rings. The van der Waals surface area contributed by atoms with Crippen molar-refractivity contribution in [3.63, 3.8) is 0 Å². The van der Waals surface area contributed by atoms with Gasteiger partial charge in [0.25, 0.3) is 0 Å². The van der Waals surface area contributed by atoms with E-state index in [0.29, 0.717) is 5.65 Å². The van der Waals surface area contributed by atoms with E-state index in [1.54, 1.807) is 13.8 Å². The maximum Gasteiger partial charge on any atom is 0.166 e. The van der Waals surface area contributed by atoms with Crippen molar-refractivity contribution in [2.75, 3.05) is 0 Å². The van der Waals surface area contributed by atoms with Crippen LogP contribution in [0.1, 0.15) is 50.2 Å². The number of nitrogens with zero attached hydrogens (tertiary/aromatic N) is 3. The van der Waals surface area contributed by atoms with E-state index < -0.39 is 5.60 Å². The number of hydrogen-bond donors (Lipinski definition) is 1. The topological polar surface area (TPSA) is 50.4 Å². The van der Waals surface area contributed by atoms with Gasteiger partial charge in [0, 0.05) is 11.8 Å². The van der Waals surface area contributed by atoms with Gasteiger partial charge in [-0.1, -0.05) is 60.2 Å². The van der Waals surface area contributed by atoms with Crippen LogP contribution in [0.4, 0.5) is 0 Å². The monoisotopic (exact) mass is 385 g/mol. The minimum absolute atomic E-state index is 0.344. The predicted molar refractivity (Wildman–Crippen MR) is 117 cm³/mol. The van der Waals surface area contributed by atoms with E-state index in [4.69, 9.17) is 0 Å². The summed E-state index contributed by atoms with van der Waals surface area (Å²) in [7, 11) is 0. The number of aliphatic hydroxyl groups is 1. The van der Waals surface area contributed by atoms with Gasteiger partial charge in [-0.3, -0.25) is 4.40 Å². The Hall–Kier alpha value is -2.98. The molecule has 0 atom stereocenters. The van der Waals surface area contributed by atoms with E-state index in [1.165, 1.54) is 16.7 Å². The maximum atomic E-state index is 10.5. The first-order chi connectivity index (χ1) is 13.7. The lowest BCUT2D eigenvalue weighted by Crippen LogP contribution is -2.23. The van der Waals surface area contributed by atoms with Gasteiger partial charge in [0.05, 0.1) is 11.0 Å². The minimum Gasteiger partial charge on any atom is -0.386 e. The van der Waals surface area contributed by atoms with E-state index in [0.717, 1.165) is 17.0 Å². The minimum atomic E-state index is -0.980. The average molecular weight is 386 g/mol. The van der Waals surface area contributed by atoms with Crippen LogP contribution < -0.4 is 0 Å². The van der Waals surface area contributed by atoms with Crippen LogP contribution in [0.25, 0.3) is 16.8 Å². The summed E-state index contributed by atoms with van der Waals surface area (Å²) in [6.45, 7) is 9.95. The highest BCUT2D eigenvalue weighted by molar-refractivity contribution is 5.64. The first-order valence-electron chi connectivity index (χ1n) is 9.92. The van der Waals surface area contributed by atoms with Crippen molar-refractivity contribution in [2.45, 2.75) is 45.6 Å². The maximum absolute atomic E-state index is 10.5. The van der Waals surface area contributed by atoms with E-state index in [2.05, 4.69) is 79.5 Å². The summed E-state index contributed by atoms with van der Waals surface area (Å²) in [5.41, 5.74) is 4.97. The third-order valence-electron chi connectivity index (χ3n) is 5.64. The van der Waals surface area contributed by atoms with Crippen LogP contribution >= 0.6 is 0 Å². The number of rotatable bonds is 4. The van der Waals surface area contributed by atoms with Gasteiger partial charge in [-0.2, -0.15) is 0 Å². The summed E-state index contributed by atoms with van der Waals surface area (Å²) in [6, 6.07) is 21.1. The third-order valence-corrected chi connectivity index (χ3v) is 5.64. The lowest BCUT2D eigenvalue weighted by molar-refractivity contribution is 0.0796. The Morgan fingerprint density at radius 2 is 1.38 bits per heavy atom. The lowest BCUT2D eigenvalue weighted by Gasteiger charge is -2.24. The number of hydrogen-bond acceptors (Lipinski definition) is 3. The molecule has 0 saturated carbocycles. The number of fused-ring (bicyclic) bond motifs is 1. The molecule has 0 aliphatic rings. The molecule has 148 valence electrons. The van der Waals surface area contributed by atoms with E-state index in [9.17, 15) is 5.11 Å². The Morgan fingerprint density at radius 3 is 1.97 bits per heavy atom. The molecule has 4 heteroatoms. The van der Waals surface area contributed by atoms with Gasteiger partial charge in [0.2, 0.25) is 0 Å². The van der Waals surface area contributed by atoms with Crippen LogP contribution in [-0.2, 0) is 11.0 Å². The van der Waals surface area contributed by atoms with Gasteiger partial charge in [0.1, 0.15) is 5.82 Å². The third kappa shape index (κ3) is 3.45. The largest absolute Gasteiger partial charge is 0.386 e. The van der Waals surface area contributed by atoms with Crippen molar-refractivity contribution in [3.8, 4) is 11.1 Å². The molecular formula is C25H27N3O. The Morgan fingerprint density at radius 1 is 0.793 bits per heavy atom. The normalized spacial score (nSPS) is 12.5. The van der Waals surface area contributed by atoms with Crippen molar-refractivity contribution >= 4 is 5.65 Å². The van der Waals surface area contributed by atoms with Crippen LogP contribution in [0.5, 0.6) is 0 Å². The molecular weight excluding hydrogens is 358 g/mol. The summed E-state index contributed by atoms with van der Waals surface area (Å²) >= 11 is 0. The Bertz CT molecular complexity index is 1150. The van der Waals surface area contributed by atoms with Gasteiger partial charge in [-0.15, -0.1) is 10.2 Å². The van der Waals surface area contributed by atoms with Crippen molar-refractivity contribution in [3.05, 3.63) is 89.4 Å². The van der Waals surface area contributed by atoms with Crippen molar-refractivity contribution in [1.29, 1.82) is 0 Å². The summed E-state index contributed by atoms with van der Waals surface area (Å²) in [5.74, 6) is 0.849. The summed E-state index contributed by atoms with van der Waals surface area (Å²) in [4.78, 5) is 0. The Balaban J connectivity index is 1.74. The zero-order valence-corrected chi connectivity index (χ0v) is 17.6. The average Bonchev–Trinajstić information content (AvgIpc) is 3.13. The fraction of sp³-hybridized carbons (Fsp3) is 0.280. The fourth-order valence-electron chi connectivity index (χ4n) is 3.77. The van der Waals surface area contributed by atoms with Crippen LogP contribution in [0.15, 0.2) is 66.9 Å². The van der Waals surface area contributed by atoms with Gasteiger partial charge in [-0.25, -0.2) is 0 Å². The molecule has 4 aromatic rings. The van der Waals surface area contributed by atoms with Crippen LogP contribution in [0.2, 0.25) is 0 Å². The highest BCUT2D eigenvalue weighted by atomic mass is 16.3. The quantitative estimate of drug-likeness (QED) is 0.521. The van der Waals surface area contributed by atoms with Crippen LogP contribution in [-0.4, -0.2) is 19.7 Å². The summed E-state index contributed by atoms with van der Waals surface area (Å²) in [6.07, 6.45) is 1.96. The van der Waals surface area contributed by atoms with Gasteiger partial charge in [-0.05, 0) is 57.4 Å². The van der Waals surface area contributed by atoms with Gasteiger partial charge < -0.3 is 5.11 Å². The van der Waals surface area contributed by atoms with E-state index in [1.807, 2.05) is 22.7 Å². The van der Waals surface area contributed by atoms with Crippen molar-refractivity contribution in [1.82, 2.24) is 14.6 Å². The predicted octanol–water partition coefficient (Wildman–Crippen LogP) is 5.26. The molecule has 1 N–H and O–H groups in total. The zero-order valence-electron chi connectivity index (χ0n) is 17.6. The molecule has 0 bridgehead atoms. The molecule has 0 radical (unpaired) electrons. The first kappa shape index (κ1) is 19.3. The van der Waals surface area contributed by atoms with E-state index in [-0.39, 0.29) is 5.41 Å². The second-order valence-electron chi connectivity index (χ2n) is 8.77. The smallest absolute Gasteiger partial charge is 0.166 e. The Labute approximate surface area is 171 Å². The molecule has 4 nitrogen and oxygen atoms in total. The van der Waals surface area contributed by atoms with Gasteiger partial charge >= 0.3 is 0 Å². The van der Waals surface area contributed by atoms with Crippen molar-refractivity contribution < 1.29 is 5.11 Å². The molecule has 0 amide bonds. The van der Waals surface area contributed by atoms with Gasteiger partial charge in [0.15, 0.2) is 5.65 Å². The zero-order chi connectivity index (χ0) is 20.8. The van der Waals surface area contributed by atoms with E-state index >= 15 is 0 Å². The van der Waals surface area contributed by atoms with Crippen LogP contribution in [0, 0.1) is 6.92 Å². The fourth-order valence-corrected chi connectivity index (χ4v) is 3.77. The number of aryl methyl sites for hydroxylation is 1. The highest BCUT2D eigenvalue weighted by Crippen LogP contribution is 2.33. The molecule has 0 aliphatic heterocycles. The molecule has 0 saturated heterocycles. The van der Waals surface area contributed by atoms with Crippen molar-refractivity contribution in [2.24, 2.45) is 0 Å².